The lowest BCUT2D eigenvalue weighted by atomic mass is 10.2. The van der Waals surface area contributed by atoms with E-state index in [1.54, 1.807) is 34.1 Å². The first-order valence-corrected chi connectivity index (χ1v) is 8.88. The number of nitrogens with zero attached hydrogens (tertiary/aromatic N) is 2. The van der Waals surface area contributed by atoms with E-state index in [0.29, 0.717) is 22.6 Å². The van der Waals surface area contributed by atoms with Crippen LogP contribution in [0.15, 0.2) is 51.7 Å². The fourth-order valence-corrected chi connectivity index (χ4v) is 3.70. The van der Waals surface area contributed by atoms with Crippen molar-refractivity contribution in [1.29, 1.82) is 0 Å². The summed E-state index contributed by atoms with van der Waals surface area (Å²) in [7, 11) is 0. The molecule has 0 amide bonds. The predicted octanol–water partition coefficient (Wildman–Crippen LogP) is 2.88. The summed E-state index contributed by atoms with van der Waals surface area (Å²) >= 11 is 2.72. The molecule has 0 radical (unpaired) electrons. The van der Waals surface area contributed by atoms with Gasteiger partial charge in [-0.3, -0.25) is 14.2 Å². The van der Waals surface area contributed by atoms with Crippen molar-refractivity contribution in [3.8, 4) is 0 Å². The van der Waals surface area contributed by atoms with Crippen LogP contribution in [0.5, 0.6) is 0 Å². The van der Waals surface area contributed by atoms with E-state index >= 15 is 0 Å². The zero-order valence-corrected chi connectivity index (χ0v) is 13.8. The molecule has 0 aliphatic rings. The van der Waals surface area contributed by atoms with Crippen molar-refractivity contribution in [2.24, 2.45) is 0 Å². The van der Waals surface area contributed by atoms with Crippen molar-refractivity contribution in [3.05, 3.63) is 57.0 Å². The van der Waals surface area contributed by atoms with Crippen LogP contribution in [0.1, 0.15) is 4.88 Å². The number of aromatic nitrogens is 2. The van der Waals surface area contributed by atoms with Gasteiger partial charge in [0.1, 0.15) is 0 Å². The number of fused-ring (bicyclic) bond motifs is 1. The van der Waals surface area contributed by atoms with E-state index in [1.165, 1.54) is 4.88 Å². The predicted molar refractivity (Wildman–Crippen MR) is 92.4 cm³/mol. The summed E-state index contributed by atoms with van der Waals surface area (Å²) in [5.74, 6) is -1.05. The van der Waals surface area contributed by atoms with Crippen molar-refractivity contribution >= 4 is 40.0 Å². The number of thiophene rings is 1. The largest absolute Gasteiger partial charge is 0.481 e. The summed E-state index contributed by atoms with van der Waals surface area (Å²) < 4.78 is 1.58. The van der Waals surface area contributed by atoms with Crippen molar-refractivity contribution in [3.63, 3.8) is 0 Å². The molecule has 1 aromatic carbocycles. The molecule has 0 aliphatic carbocycles. The second-order valence-corrected chi connectivity index (χ2v) is 6.85. The molecule has 0 aliphatic heterocycles. The van der Waals surface area contributed by atoms with Gasteiger partial charge >= 0.3 is 5.97 Å². The lowest BCUT2D eigenvalue weighted by molar-refractivity contribution is -0.133. The normalized spacial score (nSPS) is 11.0. The van der Waals surface area contributed by atoms with Crippen LogP contribution in [0.2, 0.25) is 0 Å². The molecule has 2 aromatic heterocycles. The molecule has 0 spiro atoms. The quantitative estimate of drug-likeness (QED) is 0.549. The van der Waals surface area contributed by atoms with Gasteiger partial charge in [-0.05, 0) is 30.0 Å². The average molecular weight is 346 g/mol. The number of carboxylic acids is 1. The fourth-order valence-electron chi connectivity index (χ4n) is 2.26. The molecule has 118 valence electrons. The Balaban J connectivity index is 2.00. The number of hydrogen-bond donors (Lipinski definition) is 1. The zero-order valence-electron chi connectivity index (χ0n) is 12.1. The summed E-state index contributed by atoms with van der Waals surface area (Å²) in [6.45, 7) is 0.485. The topological polar surface area (TPSA) is 72.2 Å². The number of benzene rings is 1. The third kappa shape index (κ3) is 3.62. The highest BCUT2D eigenvalue weighted by molar-refractivity contribution is 7.99. The molecule has 0 fully saturated rings. The van der Waals surface area contributed by atoms with E-state index in [2.05, 4.69) is 4.98 Å². The summed E-state index contributed by atoms with van der Waals surface area (Å²) in [4.78, 5) is 29.2. The van der Waals surface area contributed by atoms with Gasteiger partial charge in [0, 0.05) is 11.4 Å². The molecule has 0 saturated heterocycles. The van der Waals surface area contributed by atoms with Crippen LogP contribution in [0, 0.1) is 0 Å². The van der Waals surface area contributed by atoms with Crippen LogP contribution in [0.25, 0.3) is 10.9 Å². The Morgan fingerprint density at radius 2 is 2.09 bits per heavy atom. The standard InChI is InChI=1S/C16H14N2O3S2/c19-14(20)10-23-16-17-13-6-2-1-5-12(13)15(21)18(16)8-7-11-4-3-9-22-11/h1-6,9H,7-8,10H2,(H,19,20). The van der Waals surface area contributed by atoms with Gasteiger partial charge < -0.3 is 5.11 Å². The first kappa shape index (κ1) is 15.8. The monoisotopic (exact) mass is 346 g/mol. The van der Waals surface area contributed by atoms with E-state index < -0.39 is 5.97 Å². The number of thioether (sulfide) groups is 1. The second-order valence-electron chi connectivity index (χ2n) is 4.88. The zero-order chi connectivity index (χ0) is 16.2. The maximum atomic E-state index is 12.7. The van der Waals surface area contributed by atoms with E-state index in [-0.39, 0.29) is 11.3 Å². The minimum atomic E-state index is -0.929. The van der Waals surface area contributed by atoms with Gasteiger partial charge in [0.2, 0.25) is 0 Å². The van der Waals surface area contributed by atoms with Gasteiger partial charge in [-0.25, -0.2) is 4.98 Å². The van der Waals surface area contributed by atoms with Crippen LogP contribution in [-0.4, -0.2) is 26.4 Å². The molecule has 1 N–H and O–H groups in total. The second kappa shape index (κ2) is 6.97. The number of aliphatic carboxylic acids is 1. The number of aryl methyl sites for hydroxylation is 1. The van der Waals surface area contributed by atoms with E-state index in [1.807, 2.05) is 23.6 Å². The molecule has 0 unspecified atom stereocenters. The molecule has 3 rings (SSSR count). The highest BCUT2D eigenvalue weighted by atomic mass is 32.2. The van der Waals surface area contributed by atoms with Gasteiger partial charge in [-0.2, -0.15) is 0 Å². The SMILES string of the molecule is O=C(O)CSc1nc2ccccc2c(=O)n1CCc1cccs1. The van der Waals surface area contributed by atoms with Crippen LogP contribution in [-0.2, 0) is 17.8 Å². The number of carboxylic acid groups (broad SMARTS) is 1. The highest BCUT2D eigenvalue weighted by Crippen LogP contribution is 2.19. The first-order chi connectivity index (χ1) is 11.1. The van der Waals surface area contributed by atoms with Crippen molar-refractivity contribution < 1.29 is 9.90 Å². The Labute approximate surface area is 140 Å². The number of rotatable bonds is 6. The van der Waals surface area contributed by atoms with E-state index in [9.17, 15) is 9.59 Å². The molecule has 0 saturated carbocycles. The Morgan fingerprint density at radius 1 is 1.26 bits per heavy atom. The minimum absolute atomic E-state index is 0.121. The molecule has 0 bridgehead atoms. The Hall–Kier alpha value is -2.12. The van der Waals surface area contributed by atoms with Crippen LogP contribution in [0.4, 0.5) is 0 Å². The maximum absolute atomic E-state index is 12.7. The smallest absolute Gasteiger partial charge is 0.313 e. The summed E-state index contributed by atoms with van der Waals surface area (Å²) in [5.41, 5.74) is 0.470. The Morgan fingerprint density at radius 3 is 2.83 bits per heavy atom. The maximum Gasteiger partial charge on any atom is 0.313 e. The van der Waals surface area contributed by atoms with Crippen molar-refractivity contribution in [2.45, 2.75) is 18.1 Å². The highest BCUT2D eigenvalue weighted by Gasteiger charge is 2.13. The van der Waals surface area contributed by atoms with Gasteiger partial charge in [0.25, 0.3) is 5.56 Å². The average Bonchev–Trinajstić information content (AvgIpc) is 3.05. The van der Waals surface area contributed by atoms with Crippen LogP contribution in [0.3, 0.4) is 0 Å². The molecule has 2 heterocycles. The van der Waals surface area contributed by atoms with E-state index in [0.717, 1.165) is 18.2 Å². The van der Waals surface area contributed by atoms with Crippen LogP contribution < -0.4 is 5.56 Å². The molecule has 23 heavy (non-hydrogen) atoms. The van der Waals surface area contributed by atoms with Crippen LogP contribution >= 0.6 is 23.1 Å². The van der Waals surface area contributed by atoms with Gasteiger partial charge in [0.15, 0.2) is 5.16 Å². The van der Waals surface area contributed by atoms with E-state index in [4.69, 9.17) is 5.11 Å². The Bertz CT molecular complexity index is 888. The summed E-state index contributed by atoms with van der Waals surface area (Å²) in [6.07, 6.45) is 0.720. The Kier molecular flexibility index (Phi) is 4.78. The molecular formula is C16H14N2O3S2. The molecule has 0 atom stereocenters. The molecule has 5 nitrogen and oxygen atoms in total. The van der Waals surface area contributed by atoms with Gasteiger partial charge in [-0.1, -0.05) is 30.0 Å². The third-order valence-electron chi connectivity index (χ3n) is 3.31. The first-order valence-electron chi connectivity index (χ1n) is 7.01. The minimum Gasteiger partial charge on any atom is -0.481 e. The third-order valence-corrected chi connectivity index (χ3v) is 5.21. The molecule has 7 heteroatoms. The van der Waals surface area contributed by atoms with Gasteiger partial charge in [-0.15, -0.1) is 11.3 Å². The fraction of sp³-hybridized carbons (Fsp3) is 0.188. The lowest BCUT2D eigenvalue weighted by Gasteiger charge is -2.12. The summed E-state index contributed by atoms with van der Waals surface area (Å²) in [5, 5.41) is 11.9. The van der Waals surface area contributed by atoms with Crippen molar-refractivity contribution in [2.75, 3.05) is 5.75 Å². The number of para-hydroxylation sites is 1. The molecule has 3 aromatic rings. The number of carbonyl (C=O) groups is 1. The number of hydrogen-bond acceptors (Lipinski definition) is 5. The lowest BCUT2D eigenvalue weighted by Crippen LogP contribution is -2.24. The summed E-state index contributed by atoms with van der Waals surface area (Å²) in [6, 6.07) is 11.1. The van der Waals surface area contributed by atoms with Gasteiger partial charge in [0.05, 0.1) is 16.7 Å². The van der Waals surface area contributed by atoms with Crippen molar-refractivity contribution in [1.82, 2.24) is 9.55 Å². The molecular weight excluding hydrogens is 332 g/mol.